The third kappa shape index (κ3) is 3.47. The van der Waals surface area contributed by atoms with E-state index in [9.17, 15) is 9.59 Å². The lowest BCUT2D eigenvalue weighted by atomic mass is 9.95. The molecule has 2 rings (SSSR count). The Morgan fingerprint density at radius 3 is 2.43 bits per heavy atom. The van der Waals surface area contributed by atoms with E-state index in [1.54, 1.807) is 42.1 Å². The van der Waals surface area contributed by atoms with E-state index >= 15 is 0 Å². The molecule has 1 aromatic rings. The molecule has 1 saturated heterocycles. The van der Waals surface area contributed by atoms with Crippen LogP contribution in [0.15, 0.2) is 18.2 Å². The first-order valence-electron chi connectivity index (χ1n) is 6.95. The van der Waals surface area contributed by atoms with Gasteiger partial charge in [-0.2, -0.15) is 0 Å². The highest BCUT2D eigenvalue weighted by molar-refractivity contribution is 6.33. The van der Waals surface area contributed by atoms with Gasteiger partial charge in [0.2, 0.25) is 5.91 Å². The lowest BCUT2D eigenvalue weighted by Gasteiger charge is -2.32. The largest absolute Gasteiger partial charge is 0.398 e. The summed E-state index contributed by atoms with van der Waals surface area (Å²) in [7, 11) is 3.52. The fraction of sp³-hybridized carbons (Fsp3) is 0.467. The number of halogens is 1. The van der Waals surface area contributed by atoms with Gasteiger partial charge in [0.15, 0.2) is 0 Å². The van der Waals surface area contributed by atoms with E-state index in [2.05, 4.69) is 0 Å². The van der Waals surface area contributed by atoms with Gasteiger partial charge < -0.3 is 15.5 Å². The summed E-state index contributed by atoms with van der Waals surface area (Å²) in [6.07, 6.45) is 1.40. The smallest absolute Gasteiger partial charge is 0.253 e. The van der Waals surface area contributed by atoms with Crippen LogP contribution in [0.2, 0.25) is 5.02 Å². The van der Waals surface area contributed by atoms with E-state index in [-0.39, 0.29) is 17.7 Å². The molecule has 0 aliphatic carbocycles. The van der Waals surface area contributed by atoms with Crippen molar-refractivity contribution < 1.29 is 9.59 Å². The van der Waals surface area contributed by atoms with Gasteiger partial charge in [-0.15, -0.1) is 0 Å². The van der Waals surface area contributed by atoms with Gasteiger partial charge in [0.05, 0.1) is 10.7 Å². The van der Waals surface area contributed by atoms with E-state index < -0.39 is 0 Å². The molecule has 0 radical (unpaired) electrons. The van der Waals surface area contributed by atoms with Crippen LogP contribution in [-0.4, -0.2) is 48.8 Å². The van der Waals surface area contributed by atoms with Crippen LogP contribution >= 0.6 is 11.6 Å². The molecule has 6 heteroatoms. The third-order valence-corrected chi connectivity index (χ3v) is 4.15. The molecule has 1 aliphatic heterocycles. The Morgan fingerprint density at radius 2 is 1.90 bits per heavy atom. The Labute approximate surface area is 129 Å². The second kappa shape index (κ2) is 6.35. The molecule has 0 spiro atoms. The van der Waals surface area contributed by atoms with Gasteiger partial charge in [0.1, 0.15) is 0 Å². The van der Waals surface area contributed by atoms with Crippen LogP contribution in [0.4, 0.5) is 5.69 Å². The predicted octanol–water partition coefficient (Wildman–Crippen LogP) is 1.86. The van der Waals surface area contributed by atoms with Crippen LogP contribution in [0.1, 0.15) is 23.2 Å². The third-order valence-electron chi connectivity index (χ3n) is 3.82. The van der Waals surface area contributed by atoms with Crippen LogP contribution in [-0.2, 0) is 4.79 Å². The van der Waals surface area contributed by atoms with Crippen LogP contribution < -0.4 is 5.73 Å². The second-order valence-electron chi connectivity index (χ2n) is 5.54. The Balaban J connectivity index is 2.00. The number of rotatable bonds is 2. The average molecular weight is 310 g/mol. The number of hydrogen-bond acceptors (Lipinski definition) is 3. The van der Waals surface area contributed by atoms with Crippen molar-refractivity contribution in [2.24, 2.45) is 5.92 Å². The molecule has 1 heterocycles. The number of anilines is 1. The number of amides is 2. The van der Waals surface area contributed by atoms with Crippen molar-refractivity contribution in [3.05, 3.63) is 28.8 Å². The molecule has 0 saturated carbocycles. The highest BCUT2D eigenvalue weighted by Crippen LogP contribution is 2.23. The van der Waals surface area contributed by atoms with Gasteiger partial charge in [-0.05, 0) is 31.0 Å². The maximum Gasteiger partial charge on any atom is 0.253 e. The minimum absolute atomic E-state index is 0.0130. The monoisotopic (exact) mass is 309 g/mol. The van der Waals surface area contributed by atoms with Crippen molar-refractivity contribution in [3.63, 3.8) is 0 Å². The molecular weight excluding hydrogens is 290 g/mol. The first-order chi connectivity index (χ1) is 9.90. The molecule has 2 amide bonds. The molecular formula is C15H20ClN3O2. The summed E-state index contributed by atoms with van der Waals surface area (Å²) in [6, 6.07) is 4.91. The lowest BCUT2D eigenvalue weighted by Crippen LogP contribution is -2.42. The average Bonchev–Trinajstić information content (AvgIpc) is 2.48. The van der Waals surface area contributed by atoms with Crippen molar-refractivity contribution >= 4 is 29.1 Å². The molecule has 1 aromatic carbocycles. The van der Waals surface area contributed by atoms with Gasteiger partial charge in [-0.1, -0.05) is 11.6 Å². The number of hydrogen-bond donors (Lipinski definition) is 1. The Bertz CT molecular complexity index is 552. The fourth-order valence-electron chi connectivity index (χ4n) is 2.54. The molecule has 0 bridgehead atoms. The van der Waals surface area contributed by atoms with Crippen LogP contribution in [0.5, 0.6) is 0 Å². The van der Waals surface area contributed by atoms with Crippen molar-refractivity contribution in [3.8, 4) is 0 Å². The number of carbonyl (C=O) groups excluding carboxylic acids is 2. The summed E-state index contributed by atoms with van der Waals surface area (Å²) in [5.74, 6) is 0.0873. The van der Waals surface area contributed by atoms with E-state index in [4.69, 9.17) is 17.3 Å². The normalized spacial score (nSPS) is 15.9. The van der Waals surface area contributed by atoms with E-state index in [1.165, 1.54) is 0 Å². The summed E-state index contributed by atoms with van der Waals surface area (Å²) in [6.45, 7) is 1.18. The number of nitrogens with two attached hydrogens (primary N) is 1. The van der Waals surface area contributed by atoms with Crippen LogP contribution in [0, 0.1) is 5.92 Å². The summed E-state index contributed by atoms with van der Waals surface area (Å²) < 4.78 is 0. The molecule has 1 aliphatic rings. The minimum Gasteiger partial charge on any atom is -0.398 e. The number of nitrogens with zero attached hydrogens (tertiary/aromatic N) is 2. The molecule has 0 aromatic heterocycles. The maximum atomic E-state index is 12.4. The first kappa shape index (κ1) is 15.6. The van der Waals surface area contributed by atoms with Crippen molar-refractivity contribution in [1.82, 2.24) is 9.80 Å². The summed E-state index contributed by atoms with van der Waals surface area (Å²) >= 11 is 5.95. The van der Waals surface area contributed by atoms with Gasteiger partial charge >= 0.3 is 0 Å². The highest BCUT2D eigenvalue weighted by atomic mass is 35.5. The number of likely N-dealkylation sites (tertiary alicyclic amines) is 1. The molecule has 1 fully saturated rings. The molecule has 0 atom stereocenters. The zero-order chi connectivity index (χ0) is 15.6. The Morgan fingerprint density at radius 1 is 1.29 bits per heavy atom. The van der Waals surface area contributed by atoms with Crippen LogP contribution in [0.3, 0.4) is 0 Å². The molecule has 5 nitrogen and oxygen atoms in total. The van der Waals surface area contributed by atoms with Gasteiger partial charge in [-0.3, -0.25) is 9.59 Å². The zero-order valence-electron chi connectivity index (χ0n) is 12.3. The second-order valence-corrected chi connectivity index (χ2v) is 5.94. The van der Waals surface area contributed by atoms with E-state index in [1.807, 2.05) is 0 Å². The van der Waals surface area contributed by atoms with Crippen molar-refractivity contribution in [1.29, 1.82) is 0 Å². The van der Waals surface area contributed by atoms with Gasteiger partial charge in [0, 0.05) is 38.7 Å². The minimum atomic E-state index is -0.0624. The maximum absolute atomic E-state index is 12.4. The fourth-order valence-corrected chi connectivity index (χ4v) is 2.72. The zero-order valence-corrected chi connectivity index (χ0v) is 13.1. The predicted molar refractivity (Wildman–Crippen MR) is 83.2 cm³/mol. The number of nitrogen functional groups attached to an aromatic ring is 1. The molecule has 21 heavy (non-hydrogen) atoms. The Kier molecular flexibility index (Phi) is 4.73. The first-order valence-corrected chi connectivity index (χ1v) is 7.33. The molecule has 114 valence electrons. The van der Waals surface area contributed by atoms with Gasteiger partial charge in [0.25, 0.3) is 5.91 Å². The Hall–Kier alpha value is -1.75. The van der Waals surface area contributed by atoms with Crippen LogP contribution in [0.25, 0.3) is 0 Å². The van der Waals surface area contributed by atoms with Crippen molar-refractivity contribution in [2.45, 2.75) is 12.8 Å². The number of benzene rings is 1. The SMILES string of the molecule is CN(C)C(=O)C1CCN(C(=O)c2ccc(N)c(Cl)c2)CC1. The number of piperidine rings is 1. The molecule has 2 N–H and O–H groups in total. The molecule has 0 unspecified atom stereocenters. The lowest BCUT2D eigenvalue weighted by molar-refractivity contribution is -0.134. The van der Waals surface area contributed by atoms with Gasteiger partial charge in [-0.25, -0.2) is 0 Å². The summed E-state index contributed by atoms with van der Waals surface area (Å²) in [5.41, 5.74) is 6.64. The summed E-state index contributed by atoms with van der Waals surface area (Å²) in [4.78, 5) is 27.7. The van der Waals surface area contributed by atoms with E-state index in [0.29, 0.717) is 42.2 Å². The van der Waals surface area contributed by atoms with E-state index in [0.717, 1.165) is 0 Å². The quantitative estimate of drug-likeness (QED) is 0.848. The summed E-state index contributed by atoms with van der Waals surface area (Å²) in [5, 5.41) is 0.388. The standard InChI is InChI=1S/C15H20ClN3O2/c1-18(2)14(20)10-5-7-19(8-6-10)15(21)11-3-4-13(17)12(16)9-11/h3-4,9-10H,5-8,17H2,1-2H3. The number of carbonyl (C=O) groups is 2. The van der Waals surface area contributed by atoms with Crippen molar-refractivity contribution in [2.75, 3.05) is 32.9 Å². The topological polar surface area (TPSA) is 66.6 Å². The highest BCUT2D eigenvalue weighted by Gasteiger charge is 2.28.